The fraction of sp³-hybridized carbons (Fsp3) is 0.333. The molecule has 0 fully saturated rings. The van der Waals surface area contributed by atoms with E-state index in [0.717, 1.165) is 15.6 Å². The van der Waals surface area contributed by atoms with Crippen LogP contribution in [-0.4, -0.2) is 18.6 Å². The van der Waals surface area contributed by atoms with Crippen LogP contribution >= 0.6 is 15.9 Å². The van der Waals surface area contributed by atoms with Crippen molar-refractivity contribution in [2.75, 3.05) is 7.11 Å². The van der Waals surface area contributed by atoms with Gasteiger partial charge in [0, 0.05) is 4.47 Å². The van der Waals surface area contributed by atoms with Gasteiger partial charge in [0.2, 0.25) is 0 Å². The predicted molar refractivity (Wildman–Crippen MR) is 62.9 cm³/mol. The molecule has 16 heavy (non-hydrogen) atoms. The standard InChI is InChI=1S/C12H10BrNO2/c1-14-12(11(15)16-2)6-8-3-4-10(13)5-9(8)7-12/h3-5H,6-7H2,2H3. The number of ether oxygens (including phenoxy) is 1. The molecule has 1 aromatic rings. The Morgan fingerprint density at radius 1 is 1.50 bits per heavy atom. The smallest absolute Gasteiger partial charge is 0.393 e. The van der Waals surface area contributed by atoms with Gasteiger partial charge < -0.3 is 4.74 Å². The molecule has 82 valence electrons. The second-order valence-corrected chi connectivity index (χ2v) is 4.82. The third-order valence-corrected chi connectivity index (χ3v) is 3.41. The Labute approximate surface area is 102 Å². The van der Waals surface area contributed by atoms with E-state index in [2.05, 4.69) is 20.8 Å². The number of halogens is 1. The fourth-order valence-corrected chi connectivity index (χ4v) is 2.49. The van der Waals surface area contributed by atoms with E-state index in [9.17, 15) is 4.79 Å². The van der Waals surface area contributed by atoms with Gasteiger partial charge in [0.25, 0.3) is 0 Å². The van der Waals surface area contributed by atoms with E-state index in [1.165, 1.54) is 7.11 Å². The number of benzene rings is 1. The molecule has 1 unspecified atom stereocenters. The Balaban J connectivity index is 2.40. The molecule has 0 spiro atoms. The Morgan fingerprint density at radius 3 is 2.81 bits per heavy atom. The van der Waals surface area contributed by atoms with Gasteiger partial charge in [-0.25, -0.2) is 11.4 Å². The number of esters is 1. The molecule has 0 amide bonds. The first kappa shape index (κ1) is 11.2. The van der Waals surface area contributed by atoms with Gasteiger partial charge in [-0.15, -0.1) is 0 Å². The molecule has 0 N–H and O–H groups in total. The van der Waals surface area contributed by atoms with Crippen LogP contribution in [0.3, 0.4) is 0 Å². The lowest BCUT2D eigenvalue weighted by Crippen LogP contribution is -2.37. The van der Waals surface area contributed by atoms with Crippen molar-refractivity contribution in [1.29, 1.82) is 0 Å². The molecule has 4 heteroatoms. The van der Waals surface area contributed by atoms with Crippen molar-refractivity contribution < 1.29 is 9.53 Å². The van der Waals surface area contributed by atoms with E-state index in [1.54, 1.807) is 0 Å². The summed E-state index contributed by atoms with van der Waals surface area (Å²) in [5.74, 6) is -0.435. The zero-order valence-electron chi connectivity index (χ0n) is 8.79. The number of carbonyl (C=O) groups excluding carboxylic acids is 1. The zero-order valence-corrected chi connectivity index (χ0v) is 10.4. The minimum Gasteiger partial charge on any atom is -0.463 e. The van der Waals surface area contributed by atoms with Crippen molar-refractivity contribution in [3.63, 3.8) is 0 Å². The number of fused-ring (bicyclic) bond motifs is 1. The van der Waals surface area contributed by atoms with E-state index in [-0.39, 0.29) is 0 Å². The van der Waals surface area contributed by atoms with Gasteiger partial charge in [0.1, 0.15) is 0 Å². The second-order valence-electron chi connectivity index (χ2n) is 3.90. The highest BCUT2D eigenvalue weighted by Gasteiger charge is 2.51. The van der Waals surface area contributed by atoms with Gasteiger partial charge in [-0.2, -0.15) is 0 Å². The van der Waals surface area contributed by atoms with Crippen LogP contribution in [0.25, 0.3) is 4.85 Å². The van der Waals surface area contributed by atoms with Gasteiger partial charge >= 0.3 is 11.5 Å². The van der Waals surface area contributed by atoms with Gasteiger partial charge in [-0.05, 0) is 23.3 Å². The second kappa shape index (κ2) is 3.91. The van der Waals surface area contributed by atoms with Crippen molar-refractivity contribution in [3.8, 4) is 0 Å². The Bertz CT molecular complexity index is 492. The molecule has 0 aliphatic heterocycles. The summed E-state index contributed by atoms with van der Waals surface area (Å²) in [4.78, 5) is 15.2. The molecule has 0 bridgehead atoms. The third-order valence-electron chi connectivity index (χ3n) is 2.91. The molecular weight excluding hydrogens is 270 g/mol. The maximum Gasteiger partial charge on any atom is 0.393 e. The Kier molecular flexibility index (Phi) is 2.73. The highest BCUT2D eigenvalue weighted by molar-refractivity contribution is 9.10. The number of hydrogen-bond donors (Lipinski definition) is 0. The molecule has 1 aromatic carbocycles. The minimum absolute atomic E-state index is 0.435. The topological polar surface area (TPSA) is 30.7 Å². The summed E-state index contributed by atoms with van der Waals surface area (Å²) in [6.07, 6.45) is 0.893. The summed E-state index contributed by atoms with van der Waals surface area (Å²) >= 11 is 3.38. The Hall–Kier alpha value is -1.34. The third kappa shape index (κ3) is 1.61. The van der Waals surface area contributed by atoms with Crippen molar-refractivity contribution in [2.24, 2.45) is 0 Å². The van der Waals surface area contributed by atoms with Gasteiger partial charge in [0.05, 0.1) is 20.0 Å². The zero-order chi connectivity index (χ0) is 11.8. The molecule has 2 rings (SSSR count). The van der Waals surface area contributed by atoms with Crippen molar-refractivity contribution in [2.45, 2.75) is 18.4 Å². The quantitative estimate of drug-likeness (QED) is 0.584. The van der Waals surface area contributed by atoms with Gasteiger partial charge in [-0.3, -0.25) is 4.85 Å². The van der Waals surface area contributed by atoms with Crippen LogP contribution in [0.4, 0.5) is 0 Å². The van der Waals surface area contributed by atoms with Crippen LogP contribution in [0.1, 0.15) is 11.1 Å². The first-order valence-corrected chi connectivity index (χ1v) is 5.65. The maximum absolute atomic E-state index is 11.7. The highest BCUT2D eigenvalue weighted by Crippen LogP contribution is 2.35. The van der Waals surface area contributed by atoms with Crippen molar-refractivity contribution >= 4 is 21.9 Å². The lowest BCUT2D eigenvalue weighted by Gasteiger charge is -2.11. The number of methoxy groups -OCH3 is 1. The fourth-order valence-electron chi connectivity index (χ4n) is 2.08. The van der Waals surface area contributed by atoms with E-state index in [1.807, 2.05) is 18.2 Å². The average Bonchev–Trinajstić information content (AvgIpc) is 2.67. The van der Waals surface area contributed by atoms with E-state index in [4.69, 9.17) is 11.3 Å². The minimum atomic E-state index is -1.04. The summed E-state index contributed by atoms with van der Waals surface area (Å²) in [7, 11) is 1.33. The largest absolute Gasteiger partial charge is 0.463 e. The SMILES string of the molecule is [C-]#[N+]C1(C(=O)OC)Cc2ccc(Br)cc2C1. The first-order chi connectivity index (χ1) is 7.61. The number of hydrogen-bond acceptors (Lipinski definition) is 2. The average molecular weight is 280 g/mol. The molecule has 1 aliphatic carbocycles. The van der Waals surface area contributed by atoms with Crippen molar-refractivity contribution in [1.82, 2.24) is 0 Å². The van der Waals surface area contributed by atoms with Gasteiger partial charge in [-0.1, -0.05) is 22.0 Å². The maximum atomic E-state index is 11.7. The summed E-state index contributed by atoms with van der Waals surface area (Å²) in [6.45, 7) is 7.22. The summed E-state index contributed by atoms with van der Waals surface area (Å²) < 4.78 is 5.69. The normalized spacial score (nSPS) is 22.3. The Morgan fingerprint density at radius 2 is 2.19 bits per heavy atom. The van der Waals surface area contributed by atoms with Crippen LogP contribution in [0, 0.1) is 6.57 Å². The molecule has 0 heterocycles. The van der Waals surface area contributed by atoms with Crippen molar-refractivity contribution in [3.05, 3.63) is 45.2 Å². The van der Waals surface area contributed by atoms with Crippen LogP contribution in [-0.2, 0) is 22.4 Å². The molecule has 0 radical (unpaired) electrons. The van der Waals surface area contributed by atoms with Crippen LogP contribution in [0.15, 0.2) is 22.7 Å². The summed E-state index contributed by atoms with van der Waals surface area (Å²) in [5, 5.41) is 0. The van der Waals surface area contributed by atoms with Gasteiger partial charge in [0.15, 0.2) is 0 Å². The summed E-state index contributed by atoms with van der Waals surface area (Å²) in [6, 6.07) is 5.84. The molecule has 0 saturated carbocycles. The molecule has 3 nitrogen and oxygen atoms in total. The van der Waals surface area contributed by atoms with Crippen LogP contribution in [0.5, 0.6) is 0 Å². The predicted octanol–water partition coefficient (Wildman–Crippen LogP) is 2.38. The molecular formula is C12H10BrNO2. The van der Waals surface area contributed by atoms with Crippen LogP contribution < -0.4 is 0 Å². The highest BCUT2D eigenvalue weighted by atomic mass is 79.9. The van der Waals surface area contributed by atoms with Crippen LogP contribution in [0.2, 0.25) is 0 Å². The molecule has 0 saturated heterocycles. The molecule has 0 aromatic heterocycles. The van der Waals surface area contributed by atoms with E-state index < -0.39 is 11.5 Å². The number of rotatable bonds is 1. The first-order valence-electron chi connectivity index (χ1n) is 4.85. The molecule has 1 atom stereocenters. The number of carbonyl (C=O) groups is 1. The lowest BCUT2D eigenvalue weighted by molar-refractivity contribution is -0.145. The number of nitrogens with zero attached hydrogens (tertiary/aromatic N) is 1. The lowest BCUT2D eigenvalue weighted by atomic mass is 9.97. The monoisotopic (exact) mass is 279 g/mol. The van der Waals surface area contributed by atoms with E-state index in [0.29, 0.717) is 12.8 Å². The van der Waals surface area contributed by atoms with E-state index >= 15 is 0 Å². The molecule has 1 aliphatic rings. The summed E-state index contributed by atoms with van der Waals surface area (Å²) in [5.41, 5.74) is 1.07.